The van der Waals surface area contributed by atoms with E-state index in [1.165, 1.54) is 13.3 Å². The fourth-order valence-electron chi connectivity index (χ4n) is 4.23. The second-order valence-corrected chi connectivity index (χ2v) is 9.05. The maximum Gasteiger partial charge on any atom is 0.316 e. The van der Waals surface area contributed by atoms with Gasteiger partial charge in [0.2, 0.25) is 0 Å². The number of nitrogens with one attached hydrogen (secondary N) is 1. The summed E-state index contributed by atoms with van der Waals surface area (Å²) in [7, 11) is 1.52. The molecule has 1 atom stereocenters. The molecule has 4 rings (SSSR count). The molecule has 0 radical (unpaired) electrons. The molecule has 0 saturated heterocycles. The van der Waals surface area contributed by atoms with Crippen molar-refractivity contribution in [1.29, 1.82) is 0 Å². The third-order valence-electron chi connectivity index (χ3n) is 5.98. The number of aryl methyl sites for hydroxylation is 1. The Kier molecular flexibility index (Phi) is 8.29. The van der Waals surface area contributed by atoms with Crippen molar-refractivity contribution < 1.29 is 23.8 Å². The SMILES string of the molecule is COc1ncc(-c2cccc3c2C[C@H](NC(=O)c2cnc(C(N)=O)c(CCCOC(C)C)c2)CO3)cn1. The first-order chi connectivity index (χ1) is 17.9. The smallest absolute Gasteiger partial charge is 0.316 e. The molecule has 2 aromatic heterocycles. The number of hydrogen-bond acceptors (Lipinski definition) is 8. The number of pyridine rings is 1. The molecule has 0 spiro atoms. The van der Waals surface area contributed by atoms with Crippen LogP contribution in [-0.4, -0.2) is 59.2 Å². The minimum Gasteiger partial charge on any atom is -0.491 e. The quantitative estimate of drug-likeness (QED) is 0.401. The van der Waals surface area contributed by atoms with E-state index >= 15 is 0 Å². The molecule has 0 aliphatic carbocycles. The molecule has 0 fully saturated rings. The van der Waals surface area contributed by atoms with Crippen molar-refractivity contribution in [3.05, 3.63) is 65.2 Å². The summed E-state index contributed by atoms with van der Waals surface area (Å²) in [5.41, 5.74) is 9.36. The van der Waals surface area contributed by atoms with Gasteiger partial charge in [0, 0.05) is 42.7 Å². The van der Waals surface area contributed by atoms with Gasteiger partial charge in [-0.15, -0.1) is 0 Å². The number of fused-ring (bicyclic) bond motifs is 1. The van der Waals surface area contributed by atoms with Crippen LogP contribution in [0.1, 0.15) is 52.2 Å². The summed E-state index contributed by atoms with van der Waals surface area (Å²) >= 11 is 0. The number of ether oxygens (including phenoxy) is 3. The number of hydrogen-bond donors (Lipinski definition) is 2. The minimum atomic E-state index is -0.626. The molecule has 1 aliphatic rings. The number of nitrogens with two attached hydrogens (primary N) is 1. The predicted octanol–water partition coefficient (Wildman–Crippen LogP) is 2.74. The van der Waals surface area contributed by atoms with E-state index in [1.54, 1.807) is 18.5 Å². The molecule has 1 aliphatic heterocycles. The van der Waals surface area contributed by atoms with Gasteiger partial charge in [-0.1, -0.05) is 12.1 Å². The van der Waals surface area contributed by atoms with Crippen molar-refractivity contribution in [2.24, 2.45) is 5.73 Å². The lowest BCUT2D eigenvalue weighted by Gasteiger charge is -2.28. The van der Waals surface area contributed by atoms with Crippen molar-refractivity contribution in [3.8, 4) is 22.9 Å². The molecule has 3 N–H and O–H groups in total. The summed E-state index contributed by atoms with van der Waals surface area (Å²) in [6, 6.07) is 7.49. The molecule has 0 unspecified atom stereocenters. The lowest BCUT2D eigenvalue weighted by molar-refractivity contribution is 0.0770. The Morgan fingerprint density at radius 3 is 2.68 bits per heavy atom. The summed E-state index contributed by atoms with van der Waals surface area (Å²) in [6.07, 6.45) is 6.65. The largest absolute Gasteiger partial charge is 0.491 e. The van der Waals surface area contributed by atoms with Gasteiger partial charge in [-0.05, 0) is 49.9 Å². The Morgan fingerprint density at radius 1 is 1.19 bits per heavy atom. The number of carbonyl (C=O) groups excluding carboxylic acids is 2. The molecule has 0 saturated carbocycles. The van der Waals surface area contributed by atoms with Crippen molar-refractivity contribution in [1.82, 2.24) is 20.3 Å². The van der Waals surface area contributed by atoms with Gasteiger partial charge in [0.25, 0.3) is 11.8 Å². The first-order valence-electron chi connectivity index (χ1n) is 12.2. The molecule has 37 heavy (non-hydrogen) atoms. The molecule has 2 amide bonds. The Hall–Kier alpha value is -4.05. The number of carbonyl (C=O) groups is 2. The zero-order chi connectivity index (χ0) is 26.4. The summed E-state index contributed by atoms with van der Waals surface area (Å²) in [5.74, 6) is -0.165. The number of benzene rings is 1. The molecule has 1 aromatic carbocycles. The number of nitrogens with zero attached hydrogens (tertiary/aromatic N) is 3. The highest BCUT2D eigenvalue weighted by atomic mass is 16.5. The Labute approximate surface area is 215 Å². The van der Waals surface area contributed by atoms with Gasteiger partial charge < -0.3 is 25.3 Å². The van der Waals surface area contributed by atoms with Crippen LogP contribution >= 0.6 is 0 Å². The second kappa shape index (κ2) is 11.8. The Bertz CT molecular complexity index is 1260. The van der Waals surface area contributed by atoms with Crippen molar-refractivity contribution in [2.75, 3.05) is 20.3 Å². The minimum absolute atomic E-state index is 0.117. The fraction of sp³-hybridized carbons (Fsp3) is 0.370. The maximum atomic E-state index is 13.1. The molecule has 10 heteroatoms. The van der Waals surface area contributed by atoms with Crippen LogP contribution in [0.3, 0.4) is 0 Å². The van der Waals surface area contributed by atoms with E-state index in [0.717, 1.165) is 22.4 Å². The molecular formula is C27H31N5O5. The second-order valence-electron chi connectivity index (χ2n) is 9.05. The van der Waals surface area contributed by atoms with Gasteiger partial charge in [0.1, 0.15) is 18.1 Å². The van der Waals surface area contributed by atoms with E-state index in [4.69, 9.17) is 19.9 Å². The Balaban J connectivity index is 1.48. The van der Waals surface area contributed by atoms with Gasteiger partial charge in [-0.3, -0.25) is 9.59 Å². The summed E-state index contributed by atoms with van der Waals surface area (Å²) < 4.78 is 16.6. The third-order valence-corrected chi connectivity index (χ3v) is 5.98. The zero-order valence-electron chi connectivity index (χ0n) is 21.2. The van der Waals surface area contributed by atoms with E-state index < -0.39 is 5.91 Å². The number of amides is 2. The van der Waals surface area contributed by atoms with Gasteiger partial charge >= 0.3 is 6.01 Å². The van der Waals surface area contributed by atoms with Crippen LogP contribution in [0.5, 0.6) is 11.8 Å². The van der Waals surface area contributed by atoms with Gasteiger partial charge in [-0.25, -0.2) is 15.0 Å². The van der Waals surface area contributed by atoms with Gasteiger partial charge in [0.05, 0.1) is 24.8 Å². The van der Waals surface area contributed by atoms with Crippen LogP contribution in [0.2, 0.25) is 0 Å². The monoisotopic (exact) mass is 505 g/mol. The van der Waals surface area contributed by atoms with E-state index in [2.05, 4.69) is 20.3 Å². The van der Waals surface area contributed by atoms with Crippen LogP contribution in [0, 0.1) is 0 Å². The molecule has 0 bridgehead atoms. The van der Waals surface area contributed by atoms with Gasteiger partial charge in [0.15, 0.2) is 0 Å². The number of rotatable bonds is 10. The molecule has 3 heterocycles. The highest BCUT2D eigenvalue weighted by Gasteiger charge is 2.25. The van der Waals surface area contributed by atoms with Crippen LogP contribution < -0.4 is 20.5 Å². The normalized spacial score (nSPS) is 14.5. The van der Waals surface area contributed by atoms with Crippen LogP contribution in [0.25, 0.3) is 11.1 Å². The summed E-state index contributed by atoms with van der Waals surface area (Å²) in [6.45, 7) is 4.78. The average molecular weight is 506 g/mol. The van der Waals surface area contributed by atoms with E-state index in [-0.39, 0.29) is 29.8 Å². The van der Waals surface area contributed by atoms with E-state index in [1.807, 2.05) is 32.0 Å². The molecule has 3 aromatic rings. The van der Waals surface area contributed by atoms with Crippen molar-refractivity contribution in [2.45, 2.75) is 45.3 Å². The number of primary amides is 1. The number of aromatic nitrogens is 3. The van der Waals surface area contributed by atoms with Crippen molar-refractivity contribution >= 4 is 11.8 Å². The topological polar surface area (TPSA) is 139 Å². The molecular weight excluding hydrogens is 474 g/mol. The maximum absolute atomic E-state index is 13.1. The first kappa shape index (κ1) is 26.0. The zero-order valence-corrected chi connectivity index (χ0v) is 21.2. The highest BCUT2D eigenvalue weighted by molar-refractivity contribution is 5.97. The fourth-order valence-corrected chi connectivity index (χ4v) is 4.23. The number of methoxy groups -OCH3 is 1. The van der Waals surface area contributed by atoms with Gasteiger partial charge in [-0.2, -0.15) is 0 Å². The van der Waals surface area contributed by atoms with Crippen LogP contribution in [-0.2, 0) is 17.6 Å². The summed E-state index contributed by atoms with van der Waals surface area (Å²) in [5, 5.41) is 3.04. The lowest BCUT2D eigenvalue weighted by atomic mass is 9.94. The van der Waals surface area contributed by atoms with Crippen LogP contribution in [0.15, 0.2) is 42.9 Å². The standard InChI is InChI=1S/C27H31N5O5/c1-16(2)36-9-5-6-17-10-18(12-29-24(17)25(28)33)26(34)32-20-11-22-21(7-4-8-23(22)37-15-20)19-13-30-27(35-3)31-14-19/h4,7-8,10,12-14,16,20H,5-6,9,11,15H2,1-3H3,(H2,28,33)(H,32,34)/t20-/m0/s1. The van der Waals surface area contributed by atoms with Crippen LogP contribution in [0.4, 0.5) is 0 Å². The van der Waals surface area contributed by atoms with E-state index in [0.29, 0.717) is 43.6 Å². The average Bonchev–Trinajstić information content (AvgIpc) is 2.90. The molecule has 194 valence electrons. The Morgan fingerprint density at radius 2 is 1.97 bits per heavy atom. The van der Waals surface area contributed by atoms with Crippen molar-refractivity contribution in [3.63, 3.8) is 0 Å². The lowest BCUT2D eigenvalue weighted by Crippen LogP contribution is -2.43. The third kappa shape index (κ3) is 6.39. The summed E-state index contributed by atoms with van der Waals surface area (Å²) in [4.78, 5) is 37.6. The first-order valence-corrected chi connectivity index (χ1v) is 12.2. The predicted molar refractivity (Wildman–Crippen MR) is 137 cm³/mol. The highest BCUT2D eigenvalue weighted by Crippen LogP contribution is 2.34. The molecule has 10 nitrogen and oxygen atoms in total. The van der Waals surface area contributed by atoms with E-state index in [9.17, 15) is 9.59 Å².